The van der Waals surface area contributed by atoms with Gasteiger partial charge in [0, 0.05) is 44.3 Å². The Morgan fingerprint density at radius 2 is 1.67 bits per heavy atom. The summed E-state index contributed by atoms with van der Waals surface area (Å²) >= 11 is 0. The van der Waals surface area contributed by atoms with Gasteiger partial charge in [-0.1, -0.05) is 18.9 Å². The van der Waals surface area contributed by atoms with Crippen molar-refractivity contribution in [2.24, 2.45) is 0 Å². The molecule has 2 aliphatic rings. The first-order valence-corrected chi connectivity index (χ1v) is 11.3. The van der Waals surface area contributed by atoms with Crippen molar-refractivity contribution in [3.8, 4) is 0 Å². The van der Waals surface area contributed by atoms with Gasteiger partial charge in [0.15, 0.2) is 5.82 Å². The van der Waals surface area contributed by atoms with Crippen LogP contribution in [0.2, 0.25) is 0 Å². The molecule has 33 heavy (non-hydrogen) atoms. The number of benzene rings is 1. The number of anilines is 1. The predicted molar refractivity (Wildman–Crippen MR) is 117 cm³/mol. The van der Waals surface area contributed by atoms with Gasteiger partial charge in [0.25, 0.3) is 0 Å². The summed E-state index contributed by atoms with van der Waals surface area (Å²) in [4.78, 5) is 8.48. The molecule has 3 aromatic rings. The van der Waals surface area contributed by atoms with E-state index in [9.17, 15) is 13.2 Å². The number of aromatic nitrogens is 5. The topological polar surface area (TPSA) is 63.0 Å². The lowest BCUT2D eigenvalue weighted by Crippen LogP contribution is -2.48. The maximum absolute atomic E-state index is 13.2. The van der Waals surface area contributed by atoms with Crippen LogP contribution in [0.1, 0.15) is 54.7 Å². The second-order valence-electron chi connectivity index (χ2n) is 8.67. The quantitative estimate of drug-likeness (QED) is 0.575. The molecule has 1 aliphatic carbocycles. The molecule has 1 saturated carbocycles. The first-order chi connectivity index (χ1) is 16.0. The Bertz CT molecular complexity index is 1060. The molecule has 2 fully saturated rings. The summed E-state index contributed by atoms with van der Waals surface area (Å²) in [6.45, 7) is 2.60. The molecular formula is C23H26F3N7. The minimum absolute atomic E-state index is 0.132. The van der Waals surface area contributed by atoms with Gasteiger partial charge in [-0.2, -0.15) is 13.2 Å². The molecule has 2 aromatic heterocycles. The van der Waals surface area contributed by atoms with Crippen molar-refractivity contribution in [1.82, 2.24) is 30.1 Å². The standard InChI is InChI=1S/C23H26F3N7/c24-23(25,26)18-4-3-7-20(16-18)31-12-14-32(15-13-31)21(17-8-10-27-11-9-17)22-28-29-30-33(22)19-5-1-2-6-19/h3-4,7-11,16,19,21H,1-2,5-6,12-15H2/t21-/m0/s1. The number of hydrogen-bond acceptors (Lipinski definition) is 6. The van der Waals surface area contributed by atoms with Gasteiger partial charge in [0.2, 0.25) is 0 Å². The molecule has 1 aromatic carbocycles. The molecule has 1 atom stereocenters. The van der Waals surface area contributed by atoms with Crippen LogP contribution in [0.5, 0.6) is 0 Å². The molecule has 0 radical (unpaired) electrons. The average Bonchev–Trinajstić information content (AvgIpc) is 3.52. The lowest BCUT2D eigenvalue weighted by Gasteiger charge is -2.40. The Hall–Kier alpha value is -3.01. The molecule has 0 spiro atoms. The van der Waals surface area contributed by atoms with Crippen LogP contribution < -0.4 is 4.90 Å². The summed E-state index contributed by atoms with van der Waals surface area (Å²) in [5.41, 5.74) is 1.04. The number of hydrogen-bond donors (Lipinski definition) is 0. The van der Waals surface area contributed by atoms with Crippen molar-refractivity contribution < 1.29 is 13.2 Å². The normalized spacial score (nSPS) is 19.2. The van der Waals surface area contributed by atoms with Crippen LogP contribution in [0.4, 0.5) is 18.9 Å². The molecular weight excluding hydrogens is 431 g/mol. The second-order valence-corrected chi connectivity index (χ2v) is 8.67. The van der Waals surface area contributed by atoms with E-state index in [1.807, 2.05) is 21.7 Å². The van der Waals surface area contributed by atoms with Crippen LogP contribution in [0, 0.1) is 0 Å². The van der Waals surface area contributed by atoms with Crippen LogP contribution in [-0.4, -0.2) is 56.3 Å². The van der Waals surface area contributed by atoms with E-state index in [1.54, 1.807) is 18.5 Å². The van der Waals surface area contributed by atoms with Crippen molar-refractivity contribution in [2.45, 2.75) is 43.9 Å². The van der Waals surface area contributed by atoms with Gasteiger partial charge in [-0.05, 0) is 59.2 Å². The highest BCUT2D eigenvalue weighted by Gasteiger charge is 2.34. The fraction of sp³-hybridized carbons (Fsp3) is 0.478. The summed E-state index contributed by atoms with van der Waals surface area (Å²) in [5.74, 6) is 0.820. The predicted octanol–water partition coefficient (Wildman–Crippen LogP) is 4.11. The van der Waals surface area contributed by atoms with Gasteiger partial charge in [-0.3, -0.25) is 9.88 Å². The Labute approximate surface area is 190 Å². The Balaban J connectivity index is 1.38. The number of pyridine rings is 1. The molecule has 0 bridgehead atoms. The first-order valence-electron chi connectivity index (χ1n) is 11.3. The second kappa shape index (κ2) is 9.09. The van der Waals surface area contributed by atoms with Crippen molar-refractivity contribution in [1.29, 1.82) is 0 Å². The number of piperazine rings is 1. The van der Waals surface area contributed by atoms with E-state index in [0.717, 1.165) is 30.3 Å². The fourth-order valence-electron chi connectivity index (χ4n) is 4.98. The molecule has 10 heteroatoms. The number of rotatable bonds is 5. The van der Waals surface area contributed by atoms with E-state index in [0.29, 0.717) is 37.9 Å². The SMILES string of the molecule is FC(F)(F)c1cccc(N2CCN([C@@H](c3ccncc3)c3nnnn3C3CCCC3)CC2)c1. The van der Waals surface area contributed by atoms with Crippen molar-refractivity contribution >= 4 is 5.69 Å². The molecule has 1 aliphatic heterocycles. The summed E-state index contributed by atoms with van der Waals surface area (Å²) in [6.07, 6.45) is 3.70. The summed E-state index contributed by atoms with van der Waals surface area (Å²) in [7, 11) is 0. The number of tetrazole rings is 1. The van der Waals surface area contributed by atoms with Crippen LogP contribution in [0.3, 0.4) is 0 Å². The van der Waals surface area contributed by atoms with Gasteiger partial charge in [-0.15, -0.1) is 5.10 Å². The zero-order chi connectivity index (χ0) is 22.8. The number of alkyl halides is 3. The summed E-state index contributed by atoms with van der Waals surface area (Å²) < 4.78 is 41.5. The lowest BCUT2D eigenvalue weighted by molar-refractivity contribution is -0.137. The number of halogens is 3. The molecule has 0 amide bonds. The van der Waals surface area contributed by atoms with Gasteiger partial charge in [-0.25, -0.2) is 4.68 Å². The van der Waals surface area contributed by atoms with E-state index in [4.69, 9.17) is 0 Å². The maximum atomic E-state index is 13.2. The minimum Gasteiger partial charge on any atom is -0.369 e. The van der Waals surface area contributed by atoms with E-state index in [2.05, 4.69) is 25.4 Å². The molecule has 3 heterocycles. The highest BCUT2D eigenvalue weighted by molar-refractivity contribution is 5.49. The highest BCUT2D eigenvalue weighted by atomic mass is 19.4. The molecule has 1 saturated heterocycles. The first kappa shape index (κ1) is 21.8. The van der Waals surface area contributed by atoms with Crippen LogP contribution in [-0.2, 0) is 6.18 Å². The summed E-state index contributed by atoms with van der Waals surface area (Å²) in [6, 6.07) is 9.71. The van der Waals surface area contributed by atoms with Crippen LogP contribution in [0.15, 0.2) is 48.8 Å². The molecule has 0 unspecified atom stereocenters. The van der Waals surface area contributed by atoms with Gasteiger partial charge < -0.3 is 4.90 Å². The van der Waals surface area contributed by atoms with Gasteiger partial charge in [0.1, 0.15) is 0 Å². The van der Waals surface area contributed by atoms with E-state index in [-0.39, 0.29) is 6.04 Å². The highest BCUT2D eigenvalue weighted by Crippen LogP contribution is 2.35. The monoisotopic (exact) mass is 457 g/mol. The van der Waals surface area contributed by atoms with Gasteiger partial charge >= 0.3 is 6.18 Å². The maximum Gasteiger partial charge on any atom is 0.416 e. The average molecular weight is 458 g/mol. The van der Waals surface area contributed by atoms with Gasteiger partial charge in [0.05, 0.1) is 17.6 Å². The molecule has 174 valence electrons. The minimum atomic E-state index is -4.35. The zero-order valence-corrected chi connectivity index (χ0v) is 18.2. The largest absolute Gasteiger partial charge is 0.416 e. The number of nitrogens with zero attached hydrogens (tertiary/aromatic N) is 7. The van der Waals surface area contributed by atoms with Crippen molar-refractivity contribution in [3.05, 3.63) is 65.7 Å². The third-order valence-corrected chi connectivity index (χ3v) is 6.67. The van der Waals surface area contributed by atoms with Crippen molar-refractivity contribution in [2.75, 3.05) is 31.1 Å². The lowest BCUT2D eigenvalue weighted by atomic mass is 10.0. The Morgan fingerprint density at radius 1 is 0.939 bits per heavy atom. The van der Waals surface area contributed by atoms with Crippen LogP contribution in [0.25, 0.3) is 0 Å². The zero-order valence-electron chi connectivity index (χ0n) is 18.2. The fourth-order valence-corrected chi connectivity index (χ4v) is 4.98. The Kier molecular flexibility index (Phi) is 6.01. The van der Waals surface area contributed by atoms with Crippen LogP contribution >= 0.6 is 0 Å². The smallest absolute Gasteiger partial charge is 0.369 e. The van der Waals surface area contributed by atoms with Crippen molar-refractivity contribution in [3.63, 3.8) is 0 Å². The van der Waals surface area contributed by atoms with E-state index >= 15 is 0 Å². The van der Waals surface area contributed by atoms with E-state index in [1.165, 1.54) is 25.0 Å². The Morgan fingerprint density at radius 3 is 2.36 bits per heavy atom. The third-order valence-electron chi connectivity index (χ3n) is 6.67. The van der Waals surface area contributed by atoms with E-state index < -0.39 is 11.7 Å². The molecule has 5 rings (SSSR count). The summed E-state index contributed by atoms with van der Waals surface area (Å²) in [5, 5.41) is 12.8. The molecule has 0 N–H and O–H groups in total. The molecule has 7 nitrogen and oxygen atoms in total. The third kappa shape index (κ3) is 4.57.